The van der Waals surface area contributed by atoms with Gasteiger partial charge in [-0.3, -0.25) is 14.9 Å². The highest BCUT2D eigenvalue weighted by atomic mass is 32.1. The van der Waals surface area contributed by atoms with Gasteiger partial charge < -0.3 is 4.57 Å². The van der Waals surface area contributed by atoms with Crippen molar-refractivity contribution in [2.45, 2.75) is 13.5 Å². The summed E-state index contributed by atoms with van der Waals surface area (Å²) in [5.41, 5.74) is 0.682. The van der Waals surface area contributed by atoms with Crippen molar-refractivity contribution in [1.29, 1.82) is 0 Å². The van der Waals surface area contributed by atoms with Gasteiger partial charge in [0.05, 0.1) is 12.2 Å². The molecule has 0 aliphatic heterocycles. The first-order chi connectivity index (χ1) is 11.5. The van der Waals surface area contributed by atoms with Crippen molar-refractivity contribution in [2.24, 2.45) is 0 Å². The van der Waals surface area contributed by atoms with Crippen LogP contribution in [0.2, 0.25) is 0 Å². The Kier molecular flexibility index (Phi) is 4.52. The lowest BCUT2D eigenvalue weighted by Gasteiger charge is -2.08. The molecule has 1 aromatic carbocycles. The van der Waals surface area contributed by atoms with Crippen molar-refractivity contribution in [2.75, 3.05) is 5.32 Å². The van der Waals surface area contributed by atoms with E-state index in [-0.39, 0.29) is 12.1 Å². The van der Waals surface area contributed by atoms with Crippen LogP contribution >= 0.6 is 11.3 Å². The molecule has 2 aromatic heterocycles. The van der Waals surface area contributed by atoms with Gasteiger partial charge in [0.25, 0.3) is 11.5 Å². The molecule has 3 rings (SSSR count). The maximum absolute atomic E-state index is 13.8. The summed E-state index contributed by atoms with van der Waals surface area (Å²) in [5.74, 6) is -0.922. The van der Waals surface area contributed by atoms with E-state index in [9.17, 15) is 14.0 Å². The Morgan fingerprint density at radius 2 is 2.08 bits per heavy atom. The summed E-state index contributed by atoms with van der Waals surface area (Å²) < 4.78 is 15.1. The van der Waals surface area contributed by atoms with E-state index in [2.05, 4.69) is 10.3 Å². The second-order valence-corrected chi connectivity index (χ2v) is 6.05. The van der Waals surface area contributed by atoms with Gasteiger partial charge in [-0.25, -0.2) is 9.37 Å². The number of nitrogens with one attached hydrogen (secondary N) is 1. The third-order valence-electron chi connectivity index (χ3n) is 3.40. The number of hydrogen-bond acceptors (Lipinski definition) is 4. The van der Waals surface area contributed by atoms with Gasteiger partial charge in [0.2, 0.25) is 0 Å². The highest BCUT2D eigenvalue weighted by Gasteiger charge is 2.14. The molecule has 0 bridgehead atoms. The molecule has 0 fully saturated rings. The Morgan fingerprint density at radius 3 is 2.79 bits per heavy atom. The van der Waals surface area contributed by atoms with Crippen molar-refractivity contribution < 1.29 is 9.18 Å². The van der Waals surface area contributed by atoms with Crippen LogP contribution in [0, 0.1) is 12.7 Å². The van der Waals surface area contributed by atoms with Crippen LogP contribution in [0.3, 0.4) is 0 Å². The van der Waals surface area contributed by atoms with Crippen LogP contribution in [0.4, 0.5) is 9.52 Å². The number of anilines is 1. The van der Waals surface area contributed by atoms with E-state index >= 15 is 0 Å². The molecule has 1 N–H and O–H groups in total. The number of rotatable bonds is 4. The molecule has 0 saturated heterocycles. The molecular formula is C17H14FN3O2S. The molecule has 1 amide bonds. The molecule has 0 aliphatic rings. The first-order valence-corrected chi connectivity index (χ1v) is 8.09. The zero-order valence-corrected chi connectivity index (χ0v) is 13.6. The maximum atomic E-state index is 13.8. The van der Waals surface area contributed by atoms with Crippen molar-refractivity contribution >= 4 is 22.4 Å². The van der Waals surface area contributed by atoms with Crippen molar-refractivity contribution in [3.63, 3.8) is 0 Å². The lowest BCUT2D eigenvalue weighted by atomic mass is 10.2. The minimum Gasteiger partial charge on any atom is -0.310 e. The highest BCUT2D eigenvalue weighted by Crippen LogP contribution is 2.15. The summed E-state index contributed by atoms with van der Waals surface area (Å²) in [6.45, 7) is 1.87. The van der Waals surface area contributed by atoms with Crippen LogP contribution in [0.5, 0.6) is 0 Å². The molecule has 0 aliphatic carbocycles. The SMILES string of the molecule is Cc1csc(NC(=O)c2cccn(Cc3ccccc3F)c2=O)n1. The van der Waals surface area contributed by atoms with Gasteiger partial charge in [-0.1, -0.05) is 18.2 Å². The highest BCUT2D eigenvalue weighted by molar-refractivity contribution is 7.13. The standard InChI is InChI=1S/C17H14FN3O2S/c1-11-10-24-17(19-11)20-15(22)13-6-4-8-21(16(13)23)9-12-5-2-3-7-14(12)18/h2-8,10H,9H2,1H3,(H,19,20,22). The number of aromatic nitrogens is 2. The minimum atomic E-state index is -0.530. The summed E-state index contributed by atoms with van der Waals surface area (Å²) in [7, 11) is 0. The topological polar surface area (TPSA) is 64.0 Å². The largest absolute Gasteiger partial charge is 0.310 e. The number of nitrogens with zero attached hydrogens (tertiary/aromatic N) is 2. The first-order valence-electron chi connectivity index (χ1n) is 7.21. The fourth-order valence-electron chi connectivity index (χ4n) is 2.22. The van der Waals surface area contributed by atoms with Crippen LogP contribution in [0.25, 0.3) is 0 Å². The minimum absolute atomic E-state index is 0.0123. The van der Waals surface area contributed by atoms with E-state index in [0.717, 1.165) is 5.69 Å². The van der Waals surface area contributed by atoms with E-state index in [1.807, 2.05) is 6.92 Å². The fourth-order valence-corrected chi connectivity index (χ4v) is 2.90. The van der Waals surface area contributed by atoms with Gasteiger partial charge in [-0.2, -0.15) is 0 Å². The number of pyridine rings is 1. The van der Waals surface area contributed by atoms with Crippen molar-refractivity contribution in [3.8, 4) is 0 Å². The Balaban J connectivity index is 1.87. The zero-order chi connectivity index (χ0) is 17.1. The molecule has 122 valence electrons. The number of carbonyl (C=O) groups is 1. The second-order valence-electron chi connectivity index (χ2n) is 5.19. The lowest BCUT2D eigenvalue weighted by Crippen LogP contribution is -2.29. The molecule has 0 unspecified atom stereocenters. The normalized spacial score (nSPS) is 10.6. The van der Waals surface area contributed by atoms with Crippen molar-refractivity contribution in [3.05, 3.63) is 81.0 Å². The average Bonchev–Trinajstić information content (AvgIpc) is 2.96. The number of amides is 1. The molecule has 0 radical (unpaired) electrons. The number of hydrogen-bond donors (Lipinski definition) is 1. The van der Waals surface area contributed by atoms with E-state index < -0.39 is 17.3 Å². The van der Waals surface area contributed by atoms with Crippen LogP contribution in [0.1, 0.15) is 21.6 Å². The Hall–Kier alpha value is -2.80. The number of carbonyl (C=O) groups excluding carboxylic acids is 1. The molecule has 0 spiro atoms. The van der Waals surface area contributed by atoms with E-state index in [4.69, 9.17) is 0 Å². The molecule has 24 heavy (non-hydrogen) atoms. The van der Waals surface area contributed by atoms with Crippen LogP contribution in [0.15, 0.2) is 52.8 Å². The predicted molar refractivity (Wildman–Crippen MR) is 91.0 cm³/mol. The molecule has 2 heterocycles. The smallest absolute Gasteiger partial charge is 0.263 e. The molecule has 0 saturated carbocycles. The number of thiazole rings is 1. The van der Waals surface area contributed by atoms with E-state index in [0.29, 0.717) is 10.7 Å². The Labute approximate surface area is 141 Å². The fraction of sp³-hybridized carbons (Fsp3) is 0.118. The summed E-state index contributed by atoms with van der Waals surface area (Å²) in [6, 6.07) is 9.25. The third kappa shape index (κ3) is 3.41. The van der Waals surface area contributed by atoms with Gasteiger partial charge in [-0.15, -0.1) is 11.3 Å². The molecule has 0 atom stereocenters. The number of benzene rings is 1. The van der Waals surface area contributed by atoms with Gasteiger partial charge in [0.1, 0.15) is 11.4 Å². The van der Waals surface area contributed by atoms with Crippen molar-refractivity contribution in [1.82, 2.24) is 9.55 Å². The van der Waals surface area contributed by atoms with Gasteiger partial charge in [-0.05, 0) is 25.1 Å². The molecule has 7 heteroatoms. The van der Waals surface area contributed by atoms with Crippen LogP contribution < -0.4 is 10.9 Å². The van der Waals surface area contributed by atoms with Crippen LogP contribution in [-0.4, -0.2) is 15.5 Å². The van der Waals surface area contributed by atoms with Gasteiger partial charge in [0, 0.05) is 17.1 Å². The summed E-state index contributed by atoms with van der Waals surface area (Å²) in [5, 5.41) is 4.84. The summed E-state index contributed by atoms with van der Waals surface area (Å²) >= 11 is 1.29. The predicted octanol–water partition coefficient (Wildman–Crippen LogP) is 3.05. The zero-order valence-electron chi connectivity index (χ0n) is 12.8. The summed E-state index contributed by atoms with van der Waals surface area (Å²) in [4.78, 5) is 28.9. The van der Waals surface area contributed by atoms with Gasteiger partial charge >= 0.3 is 0 Å². The monoisotopic (exact) mass is 343 g/mol. The Morgan fingerprint density at radius 1 is 1.29 bits per heavy atom. The number of halogens is 1. The first kappa shape index (κ1) is 16.1. The quantitative estimate of drug-likeness (QED) is 0.792. The maximum Gasteiger partial charge on any atom is 0.263 e. The number of aryl methyl sites for hydroxylation is 1. The average molecular weight is 343 g/mol. The molecule has 3 aromatic rings. The third-order valence-corrected chi connectivity index (χ3v) is 4.28. The summed E-state index contributed by atoms with van der Waals surface area (Å²) in [6.07, 6.45) is 1.53. The molecular weight excluding hydrogens is 329 g/mol. The molecule has 5 nitrogen and oxygen atoms in total. The van der Waals surface area contributed by atoms with Gasteiger partial charge in [0.15, 0.2) is 5.13 Å². The Bertz CT molecular complexity index is 949. The second kappa shape index (κ2) is 6.76. The van der Waals surface area contributed by atoms with Crippen LogP contribution in [-0.2, 0) is 6.54 Å². The van der Waals surface area contributed by atoms with E-state index in [1.165, 1.54) is 34.2 Å². The lowest BCUT2D eigenvalue weighted by molar-refractivity contribution is 0.102. The van der Waals surface area contributed by atoms with E-state index in [1.54, 1.807) is 29.6 Å².